The third-order valence-electron chi connectivity index (χ3n) is 2.44. The lowest BCUT2D eigenvalue weighted by Gasteiger charge is -2.04. The van der Waals surface area contributed by atoms with Gasteiger partial charge < -0.3 is 10.4 Å². The fraction of sp³-hybridized carbons (Fsp3) is 0.214. The molecule has 0 aliphatic rings. The topological polar surface area (TPSA) is 75.1 Å². The first-order chi connectivity index (χ1) is 9.70. The number of amides is 1. The molecule has 0 spiro atoms. The van der Waals surface area contributed by atoms with Gasteiger partial charge in [-0.15, -0.1) is 11.3 Å². The number of aromatic nitrogens is 2. The van der Waals surface area contributed by atoms with Crippen molar-refractivity contribution in [2.75, 3.05) is 6.61 Å². The quantitative estimate of drug-likeness (QED) is 0.830. The van der Waals surface area contributed by atoms with Crippen LogP contribution in [-0.4, -0.2) is 27.6 Å². The number of carbonyl (C=O) groups is 1. The van der Waals surface area contributed by atoms with Crippen LogP contribution in [0.5, 0.6) is 0 Å². The van der Waals surface area contributed by atoms with Gasteiger partial charge in [0.05, 0.1) is 17.7 Å². The molecule has 0 aliphatic carbocycles. The summed E-state index contributed by atoms with van der Waals surface area (Å²) in [5.41, 5.74) is 0.934. The van der Waals surface area contributed by atoms with E-state index in [-0.39, 0.29) is 12.5 Å². The summed E-state index contributed by atoms with van der Waals surface area (Å²) < 4.78 is 0. The van der Waals surface area contributed by atoms with E-state index in [9.17, 15) is 4.79 Å². The highest BCUT2D eigenvalue weighted by Gasteiger charge is 2.10. The van der Waals surface area contributed by atoms with Gasteiger partial charge in [-0.05, 0) is 13.0 Å². The number of rotatable bonds is 3. The van der Waals surface area contributed by atoms with Crippen LogP contribution >= 0.6 is 11.3 Å². The van der Waals surface area contributed by atoms with Crippen molar-refractivity contribution in [2.24, 2.45) is 0 Å². The van der Waals surface area contributed by atoms with E-state index in [1.807, 2.05) is 6.92 Å². The molecule has 0 saturated heterocycles. The Morgan fingerprint density at radius 3 is 3.05 bits per heavy atom. The number of thiazole rings is 1. The van der Waals surface area contributed by atoms with E-state index in [0.717, 1.165) is 9.88 Å². The third kappa shape index (κ3) is 3.63. The molecular weight excluding hydrogens is 274 g/mol. The number of carbonyl (C=O) groups excluding carboxylic acids is 1. The van der Waals surface area contributed by atoms with E-state index in [0.29, 0.717) is 17.7 Å². The Bertz CT molecular complexity index is 670. The fourth-order valence-electron chi connectivity index (χ4n) is 1.56. The molecule has 6 heteroatoms. The van der Waals surface area contributed by atoms with Crippen molar-refractivity contribution < 1.29 is 9.90 Å². The first kappa shape index (κ1) is 14.2. The molecule has 102 valence electrons. The Hall–Kier alpha value is -2.23. The Balaban J connectivity index is 2.09. The summed E-state index contributed by atoms with van der Waals surface area (Å²) in [6.07, 6.45) is 4.81. The van der Waals surface area contributed by atoms with Gasteiger partial charge in [0.15, 0.2) is 0 Å². The van der Waals surface area contributed by atoms with Crippen LogP contribution in [0.1, 0.15) is 25.8 Å². The molecule has 0 aromatic carbocycles. The van der Waals surface area contributed by atoms with E-state index < -0.39 is 0 Å². The largest absolute Gasteiger partial charge is 0.384 e. The van der Waals surface area contributed by atoms with E-state index in [2.05, 4.69) is 27.1 Å². The first-order valence-corrected chi connectivity index (χ1v) is 6.75. The number of nitrogens with zero attached hydrogens (tertiary/aromatic N) is 2. The number of nitrogens with one attached hydrogen (secondary N) is 1. The summed E-state index contributed by atoms with van der Waals surface area (Å²) in [4.78, 5) is 21.3. The average molecular weight is 287 g/mol. The second-order valence-electron chi connectivity index (χ2n) is 3.93. The molecule has 0 aliphatic heterocycles. The van der Waals surface area contributed by atoms with Crippen LogP contribution in [0.2, 0.25) is 0 Å². The normalized spacial score (nSPS) is 9.70. The first-order valence-electron chi connectivity index (χ1n) is 5.94. The van der Waals surface area contributed by atoms with E-state index >= 15 is 0 Å². The zero-order valence-corrected chi connectivity index (χ0v) is 11.7. The molecule has 2 heterocycles. The molecule has 0 atom stereocenters. The molecule has 0 saturated carbocycles. The van der Waals surface area contributed by atoms with Gasteiger partial charge in [0.25, 0.3) is 5.91 Å². The van der Waals surface area contributed by atoms with Crippen LogP contribution in [0.3, 0.4) is 0 Å². The lowest BCUT2D eigenvalue weighted by molar-refractivity contribution is 0.0950. The molecule has 0 fully saturated rings. The standard InChI is InChI=1S/C14H13N3O2S/c1-10-7-16-13(20-10)9-17-14(19)12-4-5-15-8-11(12)3-2-6-18/h4-5,7-8,18H,6,9H2,1H3,(H,17,19). The van der Waals surface area contributed by atoms with E-state index in [1.165, 1.54) is 12.4 Å². The smallest absolute Gasteiger partial charge is 0.253 e. The van der Waals surface area contributed by atoms with Gasteiger partial charge in [-0.25, -0.2) is 4.98 Å². The number of aliphatic hydroxyl groups excluding tert-OH is 1. The van der Waals surface area contributed by atoms with Crippen LogP contribution in [0, 0.1) is 18.8 Å². The highest BCUT2D eigenvalue weighted by molar-refractivity contribution is 7.11. The number of aliphatic hydroxyl groups is 1. The summed E-state index contributed by atoms with van der Waals surface area (Å²) in [5.74, 6) is 4.99. The summed E-state index contributed by atoms with van der Waals surface area (Å²) in [6.45, 7) is 2.09. The minimum Gasteiger partial charge on any atom is -0.384 e. The zero-order chi connectivity index (χ0) is 14.4. The minimum absolute atomic E-state index is 0.234. The van der Waals surface area contributed by atoms with E-state index in [4.69, 9.17) is 5.11 Å². The van der Waals surface area contributed by atoms with Crippen LogP contribution in [0.25, 0.3) is 0 Å². The predicted molar refractivity (Wildman–Crippen MR) is 76.2 cm³/mol. The summed E-state index contributed by atoms with van der Waals surface area (Å²) in [7, 11) is 0. The number of hydrogen-bond acceptors (Lipinski definition) is 5. The van der Waals surface area contributed by atoms with Gasteiger partial charge in [-0.3, -0.25) is 9.78 Å². The van der Waals surface area contributed by atoms with Crippen molar-refractivity contribution in [3.63, 3.8) is 0 Å². The average Bonchev–Trinajstić information content (AvgIpc) is 2.88. The molecule has 2 aromatic rings. The maximum atomic E-state index is 12.1. The predicted octanol–water partition coefficient (Wildman–Crippen LogP) is 1.12. The van der Waals surface area contributed by atoms with Crippen molar-refractivity contribution in [3.05, 3.63) is 45.7 Å². The molecule has 0 radical (unpaired) electrons. The van der Waals surface area contributed by atoms with Gasteiger partial charge in [0, 0.05) is 23.5 Å². The van der Waals surface area contributed by atoms with Crippen molar-refractivity contribution in [3.8, 4) is 11.8 Å². The number of hydrogen-bond donors (Lipinski definition) is 2. The molecule has 20 heavy (non-hydrogen) atoms. The maximum absolute atomic E-state index is 12.1. The SMILES string of the molecule is Cc1cnc(CNC(=O)c2ccncc2C#CCO)s1. The second kappa shape index (κ2) is 6.80. The van der Waals surface area contributed by atoms with Crippen molar-refractivity contribution in [1.82, 2.24) is 15.3 Å². The highest BCUT2D eigenvalue weighted by Crippen LogP contribution is 2.11. The molecular formula is C14H13N3O2S. The molecule has 1 amide bonds. The molecule has 2 rings (SSSR count). The van der Waals surface area contributed by atoms with Crippen molar-refractivity contribution in [1.29, 1.82) is 0 Å². The molecule has 0 unspecified atom stereocenters. The maximum Gasteiger partial charge on any atom is 0.253 e. The minimum atomic E-state index is -0.256. The van der Waals surface area contributed by atoms with Gasteiger partial charge in [-0.1, -0.05) is 11.8 Å². The van der Waals surface area contributed by atoms with Crippen molar-refractivity contribution in [2.45, 2.75) is 13.5 Å². The highest BCUT2D eigenvalue weighted by atomic mass is 32.1. The summed E-state index contributed by atoms with van der Waals surface area (Å²) >= 11 is 1.54. The summed E-state index contributed by atoms with van der Waals surface area (Å²) in [5, 5.41) is 12.4. The van der Waals surface area contributed by atoms with Gasteiger partial charge in [0.2, 0.25) is 0 Å². The molecule has 2 N–H and O–H groups in total. The Kier molecular flexibility index (Phi) is 4.82. The van der Waals surface area contributed by atoms with Crippen LogP contribution in [0.15, 0.2) is 24.7 Å². The lowest BCUT2D eigenvalue weighted by Crippen LogP contribution is -2.23. The molecule has 2 aromatic heterocycles. The van der Waals surface area contributed by atoms with Crippen LogP contribution in [0.4, 0.5) is 0 Å². The summed E-state index contributed by atoms with van der Waals surface area (Å²) in [6, 6.07) is 1.60. The van der Waals surface area contributed by atoms with Crippen molar-refractivity contribution >= 4 is 17.2 Å². The van der Waals surface area contributed by atoms with Gasteiger partial charge >= 0.3 is 0 Å². The Morgan fingerprint density at radius 1 is 1.50 bits per heavy atom. The van der Waals surface area contributed by atoms with Crippen LogP contribution in [-0.2, 0) is 6.54 Å². The van der Waals surface area contributed by atoms with Crippen LogP contribution < -0.4 is 5.32 Å². The monoisotopic (exact) mass is 287 g/mol. The second-order valence-corrected chi connectivity index (χ2v) is 5.25. The molecule has 0 bridgehead atoms. The molecule has 5 nitrogen and oxygen atoms in total. The Morgan fingerprint density at radius 2 is 2.35 bits per heavy atom. The van der Waals surface area contributed by atoms with Gasteiger partial charge in [0.1, 0.15) is 11.6 Å². The van der Waals surface area contributed by atoms with Gasteiger partial charge in [-0.2, -0.15) is 0 Å². The zero-order valence-electron chi connectivity index (χ0n) is 10.9. The van der Waals surface area contributed by atoms with E-state index in [1.54, 1.807) is 23.6 Å². The Labute approximate surface area is 120 Å². The third-order valence-corrected chi connectivity index (χ3v) is 3.35. The fourth-order valence-corrected chi connectivity index (χ4v) is 2.29. The number of pyridine rings is 1. The lowest BCUT2D eigenvalue weighted by atomic mass is 10.1. The number of aryl methyl sites for hydroxylation is 1.